The molecule has 0 saturated heterocycles. The number of ether oxygens (including phenoxy) is 1. The first kappa shape index (κ1) is 14.4. The van der Waals surface area contributed by atoms with Crippen molar-refractivity contribution >= 4 is 5.69 Å². The molecule has 2 heteroatoms. The third-order valence-corrected chi connectivity index (χ3v) is 3.59. The first-order chi connectivity index (χ1) is 9.51. The van der Waals surface area contributed by atoms with Gasteiger partial charge in [0.15, 0.2) is 0 Å². The molecule has 0 aliphatic heterocycles. The zero-order chi connectivity index (χ0) is 14.7. The van der Waals surface area contributed by atoms with Crippen LogP contribution in [0.1, 0.15) is 35.2 Å². The van der Waals surface area contributed by atoms with Gasteiger partial charge < -0.3 is 10.1 Å². The van der Waals surface area contributed by atoms with E-state index in [4.69, 9.17) is 4.74 Å². The fourth-order valence-corrected chi connectivity index (χ4v) is 2.63. The van der Waals surface area contributed by atoms with Gasteiger partial charge in [-0.15, -0.1) is 0 Å². The SMILES string of the molecule is COc1c(C)cc(N[C@H](C)c2cccc(C)c2)cc1C. The van der Waals surface area contributed by atoms with E-state index in [1.54, 1.807) is 7.11 Å². The maximum absolute atomic E-state index is 5.41. The van der Waals surface area contributed by atoms with Crippen molar-refractivity contribution in [3.8, 4) is 5.75 Å². The predicted molar refractivity (Wildman–Crippen MR) is 85.7 cm³/mol. The lowest BCUT2D eigenvalue weighted by atomic mass is 10.0. The van der Waals surface area contributed by atoms with E-state index in [1.165, 1.54) is 11.1 Å². The van der Waals surface area contributed by atoms with Crippen molar-refractivity contribution in [1.29, 1.82) is 0 Å². The molecule has 0 heterocycles. The van der Waals surface area contributed by atoms with Gasteiger partial charge in [0.2, 0.25) is 0 Å². The van der Waals surface area contributed by atoms with Gasteiger partial charge in [0, 0.05) is 11.7 Å². The van der Waals surface area contributed by atoms with Crippen LogP contribution in [0.2, 0.25) is 0 Å². The lowest BCUT2D eigenvalue weighted by Crippen LogP contribution is -2.07. The molecule has 0 amide bonds. The molecule has 0 fully saturated rings. The number of hydrogen-bond acceptors (Lipinski definition) is 2. The van der Waals surface area contributed by atoms with Crippen LogP contribution in [-0.2, 0) is 0 Å². The number of aryl methyl sites for hydroxylation is 3. The third kappa shape index (κ3) is 3.13. The highest BCUT2D eigenvalue weighted by atomic mass is 16.5. The summed E-state index contributed by atoms with van der Waals surface area (Å²) in [5.74, 6) is 0.971. The normalized spacial score (nSPS) is 12.1. The minimum Gasteiger partial charge on any atom is -0.496 e. The van der Waals surface area contributed by atoms with Crippen molar-refractivity contribution in [2.45, 2.75) is 33.7 Å². The number of anilines is 1. The molecule has 2 aromatic carbocycles. The quantitative estimate of drug-likeness (QED) is 0.861. The smallest absolute Gasteiger partial charge is 0.124 e. The van der Waals surface area contributed by atoms with Crippen molar-refractivity contribution in [3.63, 3.8) is 0 Å². The average Bonchev–Trinajstić information content (AvgIpc) is 2.38. The zero-order valence-corrected chi connectivity index (χ0v) is 12.9. The molecule has 0 saturated carbocycles. The fraction of sp³-hybridized carbons (Fsp3) is 0.333. The van der Waals surface area contributed by atoms with Crippen LogP contribution in [0, 0.1) is 20.8 Å². The molecule has 2 aromatic rings. The monoisotopic (exact) mass is 269 g/mol. The molecule has 0 aromatic heterocycles. The second kappa shape index (κ2) is 6.00. The van der Waals surface area contributed by atoms with Crippen LogP contribution >= 0.6 is 0 Å². The van der Waals surface area contributed by atoms with Gasteiger partial charge in [-0.3, -0.25) is 0 Å². The lowest BCUT2D eigenvalue weighted by molar-refractivity contribution is 0.408. The summed E-state index contributed by atoms with van der Waals surface area (Å²) < 4.78 is 5.41. The molecule has 0 aliphatic carbocycles. The largest absolute Gasteiger partial charge is 0.496 e. The van der Waals surface area contributed by atoms with E-state index in [2.05, 4.69) is 69.4 Å². The minimum atomic E-state index is 0.280. The Morgan fingerprint density at radius 3 is 2.20 bits per heavy atom. The number of methoxy groups -OCH3 is 1. The second-order valence-electron chi connectivity index (χ2n) is 5.42. The van der Waals surface area contributed by atoms with E-state index in [1.807, 2.05) is 0 Å². The van der Waals surface area contributed by atoms with E-state index in [9.17, 15) is 0 Å². The first-order valence-corrected chi connectivity index (χ1v) is 6.99. The number of benzene rings is 2. The van der Waals surface area contributed by atoms with Crippen molar-refractivity contribution < 1.29 is 4.74 Å². The number of nitrogens with one attached hydrogen (secondary N) is 1. The lowest BCUT2D eigenvalue weighted by Gasteiger charge is -2.18. The van der Waals surface area contributed by atoms with Gasteiger partial charge in [-0.05, 0) is 56.5 Å². The summed E-state index contributed by atoms with van der Waals surface area (Å²) in [6, 6.07) is 13.2. The van der Waals surface area contributed by atoms with Crippen LogP contribution in [0.3, 0.4) is 0 Å². The molecule has 1 atom stereocenters. The first-order valence-electron chi connectivity index (χ1n) is 6.99. The molecule has 0 spiro atoms. The highest BCUT2D eigenvalue weighted by Gasteiger charge is 2.09. The number of hydrogen-bond donors (Lipinski definition) is 1. The van der Waals surface area contributed by atoms with Crippen LogP contribution in [0.5, 0.6) is 5.75 Å². The van der Waals surface area contributed by atoms with Gasteiger partial charge in [0.05, 0.1) is 7.11 Å². The van der Waals surface area contributed by atoms with Gasteiger partial charge in [0.1, 0.15) is 5.75 Å². The number of rotatable bonds is 4. The molecule has 0 unspecified atom stereocenters. The molecule has 0 radical (unpaired) electrons. The highest BCUT2D eigenvalue weighted by Crippen LogP contribution is 2.29. The van der Waals surface area contributed by atoms with Crippen LogP contribution in [-0.4, -0.2) is 7.11 Å². The van der Waals surface area contributed by atoms with Crippen LogP contribution in [0.25, 0.3) is 0 Å². The Hall–Kier alpha value is -1.96. The van der Waals surface area contributed by atoms with Crippen molar-refractivity contribution in [2.75, 3.05) is 12.4 Å². The summed E-state index contributed by atoms with van der Waals surface area (Å²) in [7, 11) is 1.72. The maximum Gasteiger partial charge on any atom is 0.124 e. The van der Waals surface area contributed by atoms with Gasteiger partial charge in [-0.2, -0.15) is 0 Å². The summed E-state index contributed by atoms with van der Waals surface area (Å²) in [5.41, 5.74) is 6.04. The topological polar surface area (TPSA) is 21.3 Å². The fourth-order valence-electron chi connectivity index (χ4n) is 2.63. The molecular formula is C18H23NO. The van der Waals surface area contributed by atoms with Crippen LogP contribution in [0.15, 0.2) is 36.4 Å². The molecule has 0 aliphatic rings. The van der Waals surface area contributed by atoms with Crippen molar-refractivity contribution in [1.82, 2.24) is 0 Å². The van der Waals surface area contributed by atoms with Crippen molar-refractivity contribution in [2.24, 2.45) is 0 Å². The zero-order valence-electron chi connectivity index (χ0n) is 12.9. The van der Waals surface area contributed by atoms with Gasteiger partial charge >= 0.3 is 0 Å². The summed E-state index contributed by atoms with van der Waals surface area (Å²) in [5, 5.41) is 3.56. The summed E-state index contributed by atoms with van der Waals surface area (Å²) in [6.45, 7) is 8.46. The van der Waals surface area contributed by atoms with E-state index >= 15 is 0 Å². The van der Waals surface area contributed by atoms with E-state index < -0.39 is 0 Å². The van der Waals surface area contributed by atoms with E-state index in [0.29, 0.717) is 0 Å². The second-order valence-corrected chi connectivity index (χ2v) is 5.42. The Morgan fingerprint density at radius 1 is 1.00 bits per heavy atom. The van der Waals surface area contributed by atoms with Gasteiger partial charge in [-0.25, -0.2) is 0 Å². The van der Waals surface area contributed by atoms with Crippen molar-refractivity contribution in [3.05, 3.63) is 58.7 Å². The van der Waals surface area contributed by atoms with Gasteiger partial charge in [-0.1, -0.05) is 29.8 Å². The Labute approximate surface area is 121 Å². The Kier molecular flexibility index (Phi) is 4.33. The highest BCUT2D eigenvalue weighted by molar-refractivity contribution is 5.56. The third-order valence-electron chi connectivity index (χ3n) is 3.59. The van der Waals surface area contributed by atoms with Crippen LogP contribution < -0.4 is 10.1 Å². The van der Waals surface area contributed by atoms with E-state index in [0.717, 1.165) is 22.6 Å². The maximum atomic E-state index is 5.41. The molecule has 2 nitrogen and oxygen atoms in total. The summed E-state index contributed by atoms with van der Waals surface area (Å²) in [4.78, 5) is 0. The van der Waals surface area contributed by atoms with E-state index in [-0.39, 0.29) is 6.04 Å². The molecule has 106 valence electrons. The van der Waals surface area contributed by atoms with Gasteiger partial charge in [0.25, 0.3) is 0 Å². The molecule has 1 N–H and O–H groups in total. The Balaban J connectivity index is 2.22. The predicted octanol–water partition coefficient (Wildman–Crippen LogP) is 4.79. The Bertz CT molecular complexity index is 581. The average molecular weight is 269 g/mol. The molecule has 0 bridgehead atoms. The summed E-state index contributed by atoms with van der Waals surface area (Å²) >= 11 is 0. The van der Waals surface area contributed by atoms with Crippen LogP contribution in [0.4, 0.5) is 5.69 Å². The molecule has 2 rings (SSSR count). The standard InChI is InChI=1S/C18H23NO/c1-12-7-6-8-16(9-12)15(4)19-17-10-13(2)18(20-5)14(3)11-17/h6-11,15,19H,1-5H3/t15-/m1/s1. The molecule has 20 heavy (non-hydrogen) atoms. The minimum absolute atomic E-state index is 0.280. The Morgan fingerprint density at radius 2 is 1.65 bits per heavy atom. The molecular weight excluding hydrogens is 246 g/mol. The summed E-state index contributed by atoms with van der Waals surface area (Å²) in [6.07, 6.45) is 0.